The Bertz CT molecular complexity index is 1190. The molecule has 0 N–H and O–H groups in total. The molecule has 30 heavy (non-hydrogen) atoms. The summed E-state index contributed by atoms with van der Waals surface area (Å²) in [4.78, 5) is 17.7. The smallest absolute Gasteiger partial charge is 0.258 e. The van der Waals surface area contributed by atoms with E-state index in [9.17, 15) is 4.79 Å². The Balaban J connectivity index is 1.42. The van der Waals surface area contributed by atoms with E-state index in [1.807, 2.05) is 53.4 Å². The van der Waals surface area contributed by atoms with E-state index in [2.05, 4.69) is 54.1 Å². The topological polar surface area (TPSA) is 25.2 Å². The summed E-state index contributed by atoms with van der Waals surface area (Å²) in [5.41, 5.74) is 5.25. The first-order valence-electron chi connectivity index (χ1n) is 10.1. The third kappa shape index (κ3) is 3.66. The van der Waals surface area contributed by atoms with Gasteiger partial charge in [-0.1, -0.05) is 47.7 Å². The molecule has 0 saturated carbocycles. The third-order valence-corrected chi connectivity index (χ3v) is 6.49. The second kappa shape index (κ2) is 7.88. The Morgan fingerprint density at radius 3 is 2.27 bits per heavy atom. The minimum atomic E-state index is 0.0315. The predicted octanol–water partition coefficient (Wildman–Crippen LogP) is 6.16. The molecule has 3 nitrogen and oxygen atoms in total. The van der Waals surface area contributed by atoms with Crippen LogP contribution in [0.4, 0.5) is 5.69 Å². The van der Waals surface area contributed by atoms with Gasteiger partial charge in [-0.05, 0) is 67.1 Å². The van der Waals surface area contributed by atoms with Crippen molar-refractivity contribution in [2.45, 2.75) is 29.8 Å². The van der Waals surface area contributed by atoms with E-state index in [0.29, 0.717) is 12.1 Å². The van der Waals surface area contributed by atoms with Gasteiger partial charge in [0, 0.05) is 39.5 Å². The maximum atomic E-state index is 13.5. The van der Waals surface area contributed by atoms with Crippen molar-refractivity contribution in [2.24, 2.45) is 0 Å². The molecule has 4 heteroatoms. The number of aromatic nitrogens is 1. The molecule has 0 saturated heterocycles. The highest BCUT2D eigenvalue weighted by atomic mass is 32.2. The Morgan fingerprint density at radius 2 is 1.50 bits per heavy atom. The largest absolute Gasteiger partial charge is 0.345 e. The van der Waals surface area contributed by atoms with Gasteiger partial charge in [0.25, 0.3) is 5.91 Å². The van der Waals surface area contributed by atoms with Crippen LogP contribution in [0.2, 0.25) is 0 Å². The molecule has 0 spiro atoms. The summed E-state index contributed by atoms with van der Waals surface area (Å²) in [6.45, 7) is 3.45. The molecule has 0 bridgehead atoms. The molecular formula is C26H22N2OS. The highest BCUT2D eigenvalue weighted by Gasteiger charge is 2.24. The number of hydrogen-bond acceptors (Lipinski definition) is 2. The fraction of sp³-hybridized carbons (Fsp3) is 0.115. The van der Waals surface area contributed by atoms with Crippen molar-refractivity contribution < 1.29 is 4.79 Å². The van der Waals surface area contributed by atoms with Gasteiger partial charge in [0.05, 0.1) is 6.54 Å². The summed E-state index contributed by atoms with van der Waals surface area (Å²) < 4.78 is 2.22. The first kappa shape index (κ1) is 18.8. The van der Waals surface area contributed by atoms with Crippen LogP contribution in [0.1, 0.15) is 27.2 Å². The summed E-state index contributed by atoms with van der Waals surface area (Å²) in [5.74, 6) is 0.0315. The molecule has 148 valence electrons. The van der Waals surface area contributed by atoms with Crippen LogP contribution < -0.4 is 4.90 Å². The van der Waals surface area contributed by atoms with Crippen LogP contribution >= 0.6 is 11.8 Å². The lowest BCUT2D eigenvalue weighted by Crippen LogP contribution is -2.30. The van der Waals surface area contributed by atoms with E-state index in [1.165, 1.54) is 10.5 Å². The van der Waals surface area contributed by atoms with E-state index in [0.717, 1.165) is 28.4 Å². The summed E-state index contributed by atoms with van der Waals surface area (Å²) in [6.07, 6.45) is 2.08. The Morgan fingerprint density at radius 1 is 0.800 bits per heavy atom. The molecule has 1 aliphatic heterocycles. The molecule has 1 aromatic heterocycles. The van der Waals surface area contributed by atoms with Gasteiger partial charge in [0.1, 0.15) is 0 Å². The van der Waals surface area contributed by atoms with Crippen molar-refractivity contribution in [3.05, 3.63) is 114 Å². The summed E-state index contributed by atoms with van der Waals surface area (Å²) in [5, 5.41) is 0. The average Bonchev–Trinajstić information content (AvgIpc) is 3.14. The Hall–Kier alpha value is -3.24. The highest BCUT2D eigenvalue weighted by molar-refractivity contribution is 7.99. The van der Waals surface area contributed by atoms with E-state index in [1.54, 1.807) is 11.8 Å². The first-order valence-corrected chi connectivity index (χ1v) is 10.9. The van der Waals surface area contributed by atoms with Crippen molar-refractivity contribution in [3.8, 4) is 0 Å². The molecule has 1 aliphatic rings. The van der Waals surface area contributed by atoms with Gasteiger partial charge >= 0.3 is 0 Å². The molecule has 5 rings (SSSR count). The van der Waals surface area contributed by atoms with Gasteiger partial charge in [-0.25, -0.2) is 0 Å². The molecular weight excluding hydrogens is 388 g/mol. The molecule has 0 aliphatic carbocycles. The number of rotatable bonds is 3. The van der Waals surface area contributed by atoms with E-state index >= 15 is 0 Å². The van der Waals surface area contributed by atoms with Gasteiger partial charge in [0.15, 0.2) is 0 Å². The zero-order chi connectivity index (χ0) is 20.5. The second-order valence-corrected chi connectivity index (χ2v) is 8.73. The van der Waals surface area contributed by atoms with Crippen LogP contribution in [0.3, 0.4) is 0 Å². The molecule has 0 atom stereocenters. The van der Waals surface area contributed by atoms with E-state index in [-0.39, 0.29) is 5.91 Å². The fourth-order valence-corrected chi connectivity index (χ4v) is 4.65. The number of benzene rings is 3. The Labute approximate surface area is 181 Å². The van der Waals surface area contributed by atoms with Crippen molar-refractivity contribution >= 4 is 23.4 Å². The normalized spacial score (nSPS) is 12.8. The number of fused-ring (bicyclic) bond motifs is 2. The molecule has 0 radical (unpaired) electrons. The summed E-state index contributed by atoms with van der Waals surface area (Å²) in [7, 11) is 0. The lowest BCUT2D eigenvalue weighted by molar-refractivity contribution is 0.0985. The number of nitrogens with zero attached hydrogens (tertiary/aromatic N) is 2. The van der Waals surface area contributed by atoms with Crippen molar-refractivity contribution in [1.82, 2.24) is 4.57 Å². The van der Waals surface area contributed by atoms with Crippen LogP contribution in [0, 0.1) is 6.92 Å². The molecule has 0 fully saturated rings. The van der Waals surface area contributed by atoms with Crippen LogP contribution in [0.25, 0.3) is 0 Å². The first-order chi connectivity index (χ1) is 14.7. The number of para-hydroxylation sites is 1. The van der Waals surface area contributed by atoms with Crippen LogP contribution in [-0.4, -0.2) is 10.5 Å². The second-order valence-electron chi connectivity index (χ2n) is 7.59. The number of amides is 1. The minimum absolute atomic E-state index is 0.0315. The number of carbonyl (C=O) groups excluding carboxylic acids is 1. The molecule has 4 aromatic rings. The maximum absolute atomic E-state index is 13.5. The average molecular weight is 411 g/mol. The SMILES string of the molecule is Cc1ccc(Sc2ccc(C(=O)N3Cc4cccn4Cc4ccccc43)cc2)cc1. The van der Waals surface area contributed by atoms with Gasteiger partial charge in [-0.3, -0.25) is 4.79 Å². The number of anilines is 1. The van der Waals surface area contributed by atoms with Gasteiger partial charge in [-0.2, -0.15) is 0 Å². The zero-order valence-corrected chi connectivity index (χ0v) is 17.6. The van der Waals surface area contributed by atoms with Crippen molar-refractivity contribution in [2.75, 3.05) is 4.90 Å². The van der Waals surface area contributed by atoms with Crippen LogP contribution in [-0.2, 0) is 13.1 Å². The Kier molecular flexibility index (Phi) is 4.93. The van der Waals surface area contributed by atoms with Crippen LogP contribution in [0.15, 0.2) is 101 Å². The predicted molar refractivity (Wildman–Crippen MR) is 122 cm³/mol. The number of carbonyl (C=O) groups is 1. The summed E-state index contributed by atoms with van der Waals surface area (Å²) >= 11 is 1.71. The third-order valence-electron chi connectivity index (χ3n) is 5.47. The maximum Gasteiger partial charge on any atom is 0.258 e. The standard InChI is InChI=1S/C26H22N2OS/c1-19-8-12-23(13-9-19)30-24-14-10-20(11-15-24)26(29)28-18-22-6-4-16-27(22)17-21-5-2-3-7-25(21)28/h2-16H,17-18H2,1H3. The molecule has 2 heterocycles. The van der Waals surface area contributed by atoms with Crippen molar-refractivity contribution in [3.63, 3.8) is 0 Å². The minimum Gasteiger partial charge on any atom is -0.345 e. The number of hydrogen-bond donors (Lipinski definition) is 0. The molecule has 3 aromatic carbocycles. The van der Waals surface area contributed by atoms with Gasteiger partial charge < -0.3 is 9.47 Å². The quantitative estimate of drug-likeness (QED) is 0.404. The highest BCUT2D eigenvalue weighted by Crippen LogP contribution is 2.31. The zero-order valence-electron chi connectivity index (χ0n) is 16.8. The van der Waals surface area contributed by atoms with Gasteiger partial charge in [-0.15, -0.1) is 0 Å². The van der Waals surface area contributed by atoms with Crippen molar-refractivity contribution in [1.29, 1.82) is 0 Å². The number of aryl methyl sites for hydroxylation is 1. The monoisotopic (exact) mass is 410 g/mol. The van der Waals surface area contributed by atoms with Gasteiger partial charge in [0.2, 0.25) is 0 Å². The lowest BCUT2D eigenvalue weighted by atomic mass is 10.1. The van der Waals surface area contributed by atoms with E-state index in [4.69, 9.17) is 0 Å². The molecule has 0 unspecified atom stereocenters. The van der Waals surface area contributed by atoms with Crippen LogP contribution in [0.5, 0.6) is 0 Å². The molecule has 1 amide bonds. The summed E-state index contributed by atoms with van der Waals surface area (Å²) in [6, 6.07) is 28.7. The lowest BCUT2D eigenvalue weighted by Gasteiger charge is -2.23. The van der Waals surface area contributed by atoms with E-state index < -0.39 is 0 Å². The fourth-order valence-electron chi connectivity index (χ4n) is 3.83.